The van der Waals surface area contributed by atoms with Gasteiger partial charge in [-0.15, -0.1) is 0 Å². The number of benzene rings is 1. The first kappa shape index (κ1) is 14.2. The zero-order valence-corrected chi connectivity index (χ0v) is 12.1. The molecule has 15 heavy (non-hydrogen) atoms. The molecule has 0 saturated heterocycles. The predicted molar refractivity (Wildman–Crippen MR) is 70.0 cm³/mol. The first-order valence-corrected chi connectivity index (χ1v) is 6.37. The molecule has 0 aromatic heterocycles. The second-order valence-corrected chi connectivity index (χ2v) is 7.43. The van der Waals surface area contributed by atoms with Gasteiger partial charge in [-0.1, -0.05) is 69.6 Å². The highest BCUT2D eigenvalue weighted by Gasteiger charge is 2.23. The molecule has 0 aliphatic rings. The van der Waals surface area contributed by atoms with Gasteiger partial charge < -0.3 is 4.18 Å². The van der Waals surface area contributed by atoms with Crippen molar-refractivity contribution in [1.29, 1.82) is 0 Å². The average molecular weight is 347 g/mol. The van der Waals surface area contributed by atoms with E-state index in [-0.39, 0.29) is 10.8 Å². The van der Waals surface area contributed by atoms with Crippen LogP contribution >= 0.6 is 81.6 Å². The summed E-state index contributed by atoms with van der Waals surface area (Å²) in [5.41, 5.74) is 0. The fraction of sp³-hybridized carbons (Fsp3) is 0.143. The van der Waals surface area contributed by atoms with E-state index in [0.29, 0.717) is 22.1 Å². The van der Waals surface area contributed by atoms with Gasteiger partial charge in [-0.25, -0.2) is 0 Å². The van der Waals surface area contributed by atoms with Gasteiger partial charge in [-0.2, -0.15) is 0 Å². The molecule has 0 heterocycles. The normalized spacial score (nSPS) is 11.6. The molecule has 1 aromatic carbocycles. The number of hydrogen-bond acceptors (Lipinski definition) is 2. The van der Waals surface area contributed by atoms with Crippen molar-refractivity contribution in [1.82, 2.24) is 0 Å². The number of hydrogen-bond donors (Lipinski definition) is 0. The van der Waals surface area contributed by atoms with Crippen molar-refractivity contribution in [3.63, 3.8) is 0 Å². The van der Waals surface area contributed by atoms with Crippen LogP contribution in [0.3, 0.4) is 0 Å². The summed E-state index contributed by atoms with van der Waals surface area (Å²) in [6.45, 7) is 0. The fourth-order valence-corrected chi connectivity index (χ4v) is 1.89. The number of alkyl halides is 3. The maximum atomic E-state index is 5.82. The van der Waals surface area contributed by atoms with Crippen LogP contribution < -0.4 is 4.18 Å². The highest BCUT2D eigenvalue weighted by atomic mass is 35.6. The monoisotopic (exact) mass is 344 g/mol. The minimum absolute atomic E-state index is 0.280. The Balaban J connectivity index is 2.82. The standard InChI is InChI=1S/C7H2Cl6OS/c8-3-1-5(10)6(2-4(3)9)14-15-7(11,12)13/h1-2H. The van der Waals surface area contributed by atoms with E-state index >= 15 is 0 Å². The first-order valence-electron chi connectivity index (χ1n) is 3.36. The van der Waals surface area contributed by atoms with E-state index in [9.17, 15) is 0 Å². The molecule has 1 rings (SSSR count). The summed E-state index contributed by atoms with van der Waals surface area (Å²) in [4.78, 5) is 0. The fourth-order valence-electron chi connectivity index (χ4n) is 0.660. The Hall–Kier alpha value is 1.11. The van der Waals surface area contributed by atoms with Gasteiger partial charge in [0.05, 0.1) is 15.1 Å². The van der Waals surface area contributed by atoms with E-state index in [1.807, 2.05) is 0 Å². The van der Waals surface area contributed by atoms with Gasteiger partial charge in [0.1, 0.15) is 12.0 Å². The molecule has 0 fully saturated rings. The van der Waals surface area contributed by atoms with Crippen molar-refractivity contribution in [2.24, 2.45) is 0 Å². The zero-order valence-electron chi connectivity index (χ0n) is 6.74. The predicted octanol–water partition coefficient (Wildman–Crippen LogP) is 6.00. The van der Waals surface area contributed by atoms with Crippen LogP contribution in [0.15, 0.2) is 12.1 Å². The smallest absolute Gasteiger partial charge is 0.274 e. The third-order valence-corrected chi connectivity index (χ3v) is 3.24. The van der Waals surface area contributed by atoms with E-state index in [2.05, 4.69) is 0 Å². The number of rotatable bonds is 2. The molecule has 0 unspecified atom stereocenters. The molecule has 0 amide bonds. The van der Waals surface area contributed by atoms with Crippen molar-refractivity contribution in [3.05, 3.63) is 27.2 Å². The first-order chi connectivity index (χ1) is 6.79. The molecule has 0 N–H and O–H groups in total. The highest BCUT2D eigenvalue weighted by Crippen LogP contribution is 2.42. The summed E-state index contributed by atoms with van der Waals surface area (Å²) in [6, 6.07) is 2.88. The van der Waals surface area contributed by atoms with Crippen LogP contribution in [0, 0.1) is 0 Å². The van der Waals surface area contributed by atoms with Gasteiger partial charge in [0.2, 0.25) is 0 Å². The summed E-state index contributed by atoms with van der Waals surface area (Å²) in [5, 5.41) is 0.917. The van der Waals surface area contributed by atoms with Crippen LogP contribution in [0.1, 0.15) is 0 Å². The molecule has 84 valence electrons. The minimum atomic E-state index is -1.59. The molecule has 0 aliphatic carbocycles. The van der Waals surface area contributed by atoms with Crippen LogP contribution in [0.5, 0.6) is 5.75 Å². The van der Waals surface area contributed by atoms with Crippen LogP contribution in [-0.4, -0.2) is 3.12 Å². The van der Waals surface area contributed by atoms with Crippen LogP contribution in [0.4, 0.5) is 0 Å². The zero-order chi connectivity index (χ0) is 11.6. The van der Waals surface area contributed by atoms with Gasteiger partial charge in [0.15, 0.2) is 5.75 Å². The van der Waals surface area contributed by atoms with E-state index in [0.717, 1.165) is 0 Å². The highest BCUT2D eigenvalue weighted by molar-refractivity contribution is 8.00. The van der Waals surface area contributed by atoms with E-state index in [4.69, 9.17) is 73.8 Å². The molecule has 0 spiro atoms. The van der Waals surface area contributed by atoms with Gasteiger partial charge in [-0.3, -0.25) is 0 Å². The molecule has 0 radical (unpaired) electrons. The van der Waals surface area contributed by atoms with Gasteiger partial charge in [0, 0.05) is 6.07 Å². The molecular formula is C7H2Cl6OS. The molecule has 0 aliphatic heterocycles. The second-order valence-electron chi connectivity index (χ2n) is 2.31. The Morgan fingerprint density at radius 1 is 0.933 bits per heavy atom. The van der Waals surface area contributed by atoms with Gasteiger partial charge in [0.25, 0.3) is 3.12 Å². The molecule has 8 heteroatoms. The lowest BCUT2D eigenvalue weighted by Crippen LogP contribution is -1.97. The molecule has 1 aromatic rings. The molecule has 1 nitrogen and oxygen atoms in total. The van der Waals surface area contributed by atoms with Crippen molar-refractivity contribution in [3.8, 4) is 5.75 Å². The Bertz CT molecular complexity index is 363. The second kappa shape index (κ2) is 5.63. The maximum Gasteiger partial charge on any atom is 0.274 e. The molecule has 0 atom stereocenters. The number of halogens is 6. The summed E-state index contributed by atoms with van der Waals surface area (Å²) < 4.78 is 3.49. The lowest BCUT2D eigenvalue weighted by Gasteiger charge is -2.11. The molecular weight excluding hydrogens is 345 g/mol. The third-order valence-electron chi connectivity index (χ3n) is 1.20. The van der Waals surface area contributed by atoms with E-state index < -0.39 is 3.12 Å². The quantitative estimate of drug-likeness (QED) is 0.369. The Labute approximate surface area is 121 Å². The Morgan fingerprint density at radius 3 is 2.00 bits per heavy atom. The molecule has 0 saturated carbocycles. The van der Waals surface area contributed by atoms with Crippen molar-refractivity contribution in [2.75, 3.05) is 0 Å². The van der Waals surface area contributed by atoms with Gasteiger partial charge in [-0.05, 0) is 6.07 Å². The van der Waals surface area contributed by atoms with Crippen molar-refractivity contribution < 1.29 is 4.18 Å². The topological polar surface area (TPSA) is 9.23 Å². The Morgan fingerprint density at radius 2 is 1.47 bits per heavy atom. The van der Waals surface area contributed by atoms with Crippen LogP contribution in [0.25, 0.3) is 0 Å². The van der Waals surface area contributed by atoms with E-state index in [1.54, 1.807) is 0 Å². The van der Waals surface area contributed by atoms with Gasteiger partial charge >= 0.3 is 0 Å². The summed E-state index contributed by atoms with van der Waals surface area (Å²) >= 11 is 34.3. The van der Waals surface area contributed by atoms with Crippen molar-refractivity contribution >= 4 is 81.6 Å². The van der Waals surface area contributed by atoms with Crippen molar-refractivity contribution in [2.45, 2.75) is 3.12 Å². The largest absolute Gasteiger partial charge is 0.420 e. The summed E-state index contributed by atoms with van der Waals surface area (Å²) in [6.07, 6.45) is 0. The lowest BCUT2D eigenvalue weighted by molar-refractivity contribution is 0.647. The van der Waals surface area contributed by atoms with Crippen LogP contribution in [0.2, 0.25) is 15.1 Å². The SMILES string of the molecule is Clc1cc(Cl)c(OSC(Cl)(Cl)Cl)cc1Cl. The third kappa shape index (κ3) is 4.86. The minimum Gasteiger partial charge on any atom is -0.420 e. The lowest BCUT2D eigenvalue weighted by atomic mass is 10.3. The van der Waals surface area contributed by atoms with E-state index in [1.165, 1.54) is 12.1 Å². The maximum absolute atomic E-state index is 5.82. The Kier molecular flexibility index (Phi) is 5.32. The molecule has 0 bridgehead atoms. The summed E-state index contributed by atoms with van der Waals surface area (Å²) in [5.74, 6) is 0.280. The van der Waals surface area contributed by atoms with Crippen LogP contribution in [-0.2, 0) is 0 Å². The summed E-state index contributed by atoms with van der Waals surface area (Å²) in [7, 11) is 0. The average Bonchev–Trinajstić information content (AvgIpc) is 2.07.